The molecule has 74 valence electrons. The molecule has 1 N–H and O–H groups in total. The number of carboxylic acids is 1. The van der Waals surface area contributed by atoms with E-state index in [4.69, 9.17) is 5.11 Å². The van der Waals surface area contributed by atoms with Crippen molar-refractivity contribution in [3.63, 3.8) is 0 Å². The number of hydrogen-bond acceptors (Lipinski definition) is 4. The van der Waals surface area contributed by atoms with Crippen LogP contribution in [0.2, 0.25) is 0 Å². The number of aliphatic imine (C=N–C) groups is 1. The summed E-state index contributed by atoms with van der Waals surface area (Å²) < 4.78 is 0. The number of carbonyl (C=O) groups is 1. The van der Waals surface area contributed by atoms with Gasteiger partial charge in [0.15, 0.2) is 5.54 Å². The van der Waals surface area contributed by atoms with Gasteiger partial charge in [-0.1, -0.05) is 6.92 Å². The number of carboxylic acid groups (broad SMARTS) is 1. The van der Waals surface area contributed by atoms with Gasteiger partial charge in [0.25, 0.3) is 0 Å². The molecular weight excluding hydrogens is 190 g/mol. The van der Waals surface area contributed by atoms with E-state index >= 15 is 0 Å². The lowest BCUT2D eigenvalue weighted by Gasteiger charge is -2.20. The highest BCUT2D eigenvalue weighted by Crippen LogP contribution is 2.22. The Morgan fingerprint density at radius 1 is 1.69 bits per heavy atom. The van der Waals surface area contributed by atoms with Gasteiger partial charge in [-0.3, -0.25) is 0 Å². The Morgan fingerprint density at radius 2 is 2.31 bits per heavy atom. The normalized spacial score (nSPS) is 14.3. The minimum atomic E-state index is -1.26. The summed E-state index contributed by atoms with van der Waals surface area (Å²) in [7, 11) is 0. The largest absolute Gasteiger partial charge is 0.479 e. The van der Waals surface area contributed by atoms with Crippen molar-refractivity contribution in [3.8, 4) is 0 Å². The Hall–Kier alpha value is -0.800. The molecule has 0 aliphatic heterocycles. The Balaban J connectivity index is 4.64. The van der Waals surface area contributed by atoms with Gasteiger partial charge in [-0.2, -0.15) is 16.8 Å². The molecular formula is C8H13NO3S. The molecule has 0 aliphatic carbocycles. The molecule has 0 rings (SSSR count). The summed E-state index contributed by atoms with van der Waals surface area (Å²) in [5.74, 6) is -0.377. The van der Waals surface area contributed by atoms with Crippen molar-refractivity contribution < 1.29 is 14.7 Å². The molecule has 0 aliphatic rings. The van der Waals surface area contributed by atoms with Crippen LogP contribution in [0.5, 0.6) is 0 Å². The number of rotatable bonds is 6. The third-order valence-electron chi connectivity index (χ3n) is 1.96. The van der Waals surface area contributed by atoms with E-state index in [0.29, 0.717) is 18.6 Å². The summed E-state index contributed by atoms with van der Waals surface area (Å²) in [5.41, 5.74) is -1.26. The van der Waals surface area contributed by atoms with Crippen LogP contribution in [-0.4, -0.2) is 34.7 Å². The summed E-state index contributed by atoms with van der Waals surface area (Å²) in [6.07, 6.45) is 3.90. The van der Waals surface area contributed by atoms with E-state index in [-0.39, 0.29) is 0 Å². The molecule has 1 unspecified atom stereocenters. The van der Waals surface area contributed by atoms with Crippen molar-refractivity contribution in [1.29, 1.82) is 0 Å². The maximum Gasteiger partial charge on any atom is 0.332 e. The van der Waals surface area contributed by atoms with Crippen molar-refractivity contribution in [3.05, 3.63) is 0 Å². The van der Waals surface area contributed by atoms with Gasteiger partial charge in [0.2, 0.25) is 6.08 Å². The zero-order valence-electron chi connectivity index (χ0n) is 7.74. The Labute approximate surface area is 81.4 Å². The van der Waals surface area contributed by atoms with Crippen LogP contribution in [0.1, 0.15) is 19.8 Å². The molecule has 1 atom stereocenters. The first-order valence-corrected chi connectivity index (χ1v) is 5.33. The van der Waals surface area contributed by atoms with E-state index in [0.717, 1.165) is 0 Å². The molecule has 0 fully saturated rings. The molecule has 0 saturated carbocycles. The molecule has 0 aromatic carbocycles. The first kappa shape index (κ1) is 12.2. The Morgan fingerprint density at radius 3 is 2.62 bits per heavy atom. The molecule has 0 heterocycles. The van der Waals surface area contributed by atoms with E-state index in [1.165, 1.54) is 17.8 Å². The van der Waals surface area contributed by atoms with Crippen LogP contribution < -0.4 is 0 Å². The van der Waals surface area contributed by atoms with Gasteiger partial charge in [-0.25, -0.2) is 9.59 Å². The molecule has 13 heavy (non-hydrogen) atoms. The number of carbonyl (C=O) groups excluding carboxylic acids is 1. The minimum Gasteiger partial charge on any atom is -0.479 e. The van der Waals surface area contributed by atoms with Gasteiger partial charge in [0.1, 0.15) is 0 Å². The molecule has 4 nitrogen and oxygen atoms in total. The molecule has 0 aromatic heterocycles. The second kappa shape index (κ2) is 5.78. The number of hydrogen-bond donors (Lipinski definition) is 1. The van der Waals surface area contributed by atoms with Gasteiger partial charge < -0.3 is 5.11 Å². The van der Waals surface area contributed by atoms with Crippen LogP contribution >= 0.6 is 11.8 Å². The summed E-state index contributed by atoms with van der Waals surface area (Å²) in [6, 6.07) is 0. The van der Waals surface area contributed by atoms with Gasteiger partial charge in [0.05, 0.1) is 0 Å². The van der Waals surface area contributed by atoms with Crippen molar-refractivity contribution in [2.45, 2.75) is 25.3 Å². The minimum absolute atomic E-state index is 0.318. The monoisotopic (exact) mass is 203 g/mol. The second-order valence-electron chi connectivity index (χ2n) is 2.64. The van der Waals surface area contributed by atoms with E-state index in [2.05, 4.69) is 4.99 Å². The molecule has 0 radical (unpaired) electrons. The summed E-state index contributed by atoms with van der Waals surface area (Å²) in [6.45, 7) is 1.70. The van der Waals surface area contributed by atoms with Crippen molar-refractivity contribution >= 4 is 23.8 Å². The van der Waals surface area contributed by atoms with Gasteiger partial charge >= 0.3 is 5.97 Å². The fraction of sp³-hybridized carbons (Fsp3) is 0.750. The highest BCUT2D eigenvalue weighted by Gasteiger charge is 2.35. The summed E-state index contributed by atoms with van der Waals surface area (Å²) >= 11 is 1.53. The van der Waals surface area contributed by atoms with E-state index < -0.39 is 11.5 Å². The van der Waals surface area contributed by atoms with Crippen LogP contribution in [0.25, 0.3) is 0 Å². The fourth-order valence-corrected chi connectivity index (χ4v) is 1.52. The van der Waals surface area contributed by atoms with Crippen LogP contribution in [0.4, 0.5) is 0 Å². The van der Waals surface area contributed by atoms with E-state index in [1.54, 1.807) is 6.92 Å². The lowest BCUT2D eigenvalue weighted by atomic mass is 9.94. The van der Waals surface area contributed by atoms with Crippen molar-refractivity contribution in [1.82, 2.24) is 0 Å². The number of aliphatic carboxylic acids is 1. The molecule has 0 saturated heterocycles. The predicted octanol–water partition coefficient (Wildman–Crippen LogP) is 1.31. The van der Waals surface area contributed by atoms with Crippen molar-refractivity contribution in [2.24, 2.45) is 4.99 Å². The standard InChI is InChI=1S/C8H13NO3S/c1-3-8(7(11)12,9-6-10)4-5-13-2/h3-5H2,1-2H3,(H,11,12). The Kier molecular flexibility index (Phi) is 5.42. The van der Waals surface area contributed by atoms with Crippen molar-refractivity contribution in [2.75, 3.05) is 12.0 Å². The molecule has 5 heteroatoms. The smallest absolute Gasteiger partial charge is 0.332 e. The highest BCUT2D eigenvalue weighted by molar-refractivity contribution is 7.98. The topological polar surface area (TPSA) is 66.7 Å². The second-order valence-corrected chi connectivity index (χ2v) is 3.62. The maximum absolute atomic E-state index is 10.9. The van der Waals surface area contributed by atoms with Crippen LogP contribution in [0.3, 0.4) is 0 Å². The maximum atomic E-state index is 10.9. The van der Waals surface area contributed by atoms with Gasteiger partial charge in [0, 0.05) is 0 Å². The SMILES string of the molecule is CCC(CCSC)(N=C=O)C(=O)O. The average molecular weight is 203 g/mol. The zero-order chi connectivity index (χ0) is 10.3. The lowest BCUT2D eigenvalue weighted by Crippen LogP contribution is -2.36. The first-order valence-electron chi connectivity index (χ1n) is 3.94. The molecule has 0 spiro atoms. The third-order valence-corrected chi connectivity index (χ3v) is 2.57. The van der Waals surface area contributed by atoms with E-state index in [9.17, 15) is 9.59 Å². The molecule has 0 bridgehead atoms. The number of nitrogens with zero attached hydrogens (tertiary/aromatic N) is 1. The lowest BCUT2D eigenvalue weighted by molar-refractivity contribution is -0.143. The van der Waals surface area contributed by atoms with Crippen LogP contribution in [0.15, 0.2) is 4.99 Å². The van der Waals surface area contributed by atoms with Crippen LogP contribution in [0, 0.1) is 0 Å². The quantitative estimate of drug-likeness (QED) is 0.522. The molecule has 0 aromatic rings. The summed E-state index contributed by atoms with van der Waals surface area (Å²) in [4.78, 5) is 24.3. The fourth-order valence-electron chi connectivity index (χ4n) is 0.976. The summed E-state index contributed by atoms with van der Waals surface area (Å²) in [5, 5.41) is 8.90. The Bertz CT molecular complexity index is 221. The first-order chi connectivity index (χ1) is 6.13. The average Bonchev–Trinajstić information content (AvgIpc) is 2.12. The van der Waals surface area contributed by atoms with Crippen LogP contribution in [-0.2, 0) is 9.59 Å². The highest BCUT2D eigenvalue weighted by atomic mass is 32.2. The molecule has 0 amide bonds. The number of thioether (sulfide) groups is 1. The zero-order valence-corrected chi connectivity index (χ0v) is 8.56. The number of isocyanates is 1. The van der Waals surface area contributed by atoms with Gasteiger partial charge in [-0.05, 0) is 24.9 Å². The predicted molar refractivity (Wildman–Crippen MR) is 51.8 cm³/mol. The van der Waals surface area contributed by atoms with E-state index in [1.807, 2.05) is 6.26 Å². The third kappa shape index (κ3) is 3.20. The van der Waals surface area contributed by atoms with Gasteiger partial charge in [-0.15, -0.1) is 0 Å².